The molecule has 0 aliphatic rings. The van der Waals surface area contributed by atoms with Crippen LogP contribution in [0.25, 0.3) is 0 Å². The molecular formula is C22H25NO6. The van der Waals surface area contributed by atoms with E-state index in [4.69, 9.17) is 14.2 Å². The molecule has 2 aromatic carbocycles. The first-order valence-electron chi connectivity index (χ1n) is 9.46. The van der Waals surface area contributed by atoms with Crippen molar-refractivity contribution in [3.05, 3.63) is 54.1 Å². The van der Waals surface area contributed by atoms with E-state index in [1.54, 1.807) is 48.5 Å². The van der Waals surface area contributed by atoms with Crippen molar-refractivity contribution in [3.8, 4) is 11.5 Å². The quantitative estimate of drug-likeness (QED) is 0.458. The maximum atomic E-state index is 12.2. The van der Waals surface area contributed by atoms with E-state index < -0.39 is 12.6 Å². The Bertz CT molecular complexity index is 831. The standard InChI is InChI=1S/C22H25NO6/c1-3-7-21(25)23-17-12-10-16(11-13-17)18(24)14-29-22(26)15-28-20-9-6-5-8-19(20)27-4-2/h5-6,8-13H,3-4,7,14-15H2,1-2H3,(H,23,25). The van der Waals surface area contributed by atoms with Crippen molar-refractivity contribution in [2.75, 3.05) is 25.1 Å². The zero-order chi connectivity index (χ0) is 21.1. The molecule has 0 atom stereocenters. The van der Waals surface area contributed by atoms with Gasteiger partial charge in [0.05, 0.1) is 6.61 Å². The number of hydrogen-bond acceptors (Lipinski definition) is 6. The molecule has 0 heterocycles. The van der Waals surface area contributed by atoms with Gasteiger partial charge in [-0.05, 0) is 49.7 Å². The number of nitrogens with one attached hydrogen (secondary N) is 1. The number of ether oxygens (including phenoxy) is 3. The van der Waals surface area contributed by atoms with Crippen LogP contribution >= 0.6 is 0 Å². The number of carbonyl (C=O) groups excluding carboxylic acids is 3. The number of rotatable bonds is 11. The molecule has 29 heavy (non-hydrogen) atoms. The minimum atomic E-state index is -0.659. The number of carbonyl (C=O) groups is 3. The Labute approximate surface area is 170 Å². The fourth-order valence-electron chi connectivity index (χ4n) is 2.44. The van der Waals surface area contributed by atoms with Gasteiger partial charge in [-0.15, -0.1) is 0 Å². The lowest BCUT2D eigenvalue weighted by molar-refractivity contribution is -0.144. The summed E-state index contributed by atoms with van der Waals surface area (Å²) in [6, 6.07) is 13.4. The monoisotopic (exact) mass is 399 g/mol. The van der Waals surface area contributed by atoms with Crippen molar-refractivity contribution in [1.82, 2.24) is 0 Å². The normalized spacial score (nSPS) is 10.1. The van der Waals surface area contributed by atoms with Gasteiger partial charge in [0.1, 0.15) is 0 Å². The molecule has 0 aromatic heterocycles. The van der Waals surface area contributed by atoms with Crippen molar-refractivity contribution in [2.45, 2.75) is 26.7 Å². The average Bonchev–Trinajstić information content (AvgIpc) is 2.72. The molecule has 0 aliphatic carbocycles. The highest BCUT2D eigenvalue weighted by molar-refractivity contribution is 5.98. The first kappa shape index (κ1) is 21.9. The summed E-state index contributed by atoms with van der Waals surface area (Å²) in [5.41, 5.74) is 0.993. The van der Waals surface area contributed by atoms with Gasteiger partial charge < -0.3 is 19.5 Å². The lowest BCUT2D eigenvalue weighted by atomic mass is 10.1. The van der Waals surface area contributed by atoms with E-state index in [2.05, 4.69) is 5.32 Å². The van der Waals surface area contributed by atoms with Crippen LogP contribution in [0.15, 0.2) is 48.5 Å². The van der Waals surface area contributed by atoms with Crippen LogP contribution < -0.4 is 14.8 Å². The summed E-state index contributed by atoms with van der Waals surface area (Å²) in [5.74, 6) is -0.123. The molecule has 1 amide bonds. The number of anilines is 1. The molecule has 7 nitrogen and oxygen atoms in total. The molecule has 0 unspecified atom stereocenters. The third-order valence-electron chi connectivity index (χ3n) is 3.83. The van der Waals surface area contributed by atoms with Gasteiger partial charge in [-0.25, -0.2) is 4.79 Å². The Hall–Kier alpha value is -3.35. The van der Waals surface area contributed by atoms with E-state index in [0.717, 1.165) is 6.42 Å². The summed E-state index contributed by atoms with van der Waals surface area (Å²) in [7, 11) is 0. The number of amides is 1. The second-order valence-corrected chi connectivity index (χ2v) is 6.13. The van der Waals surface area contributed by atoms with Crippen molar-refractivity contribution in [2.24, 2.45) is 0 Å². The first-order valence-corrected chi connectivity index (χ1v) is 9.46. The van der Waals surface area contributed by atoms with Crippen LogP contribution in [0, 0.1) is 0 Å². The molecule has 0 fully saturated rings. The van der Waals surface area contributed by atoms with Crippen LogP contribution in [0.4, 0.5) is 5.69 Å². The molecule has 2 rings (SSSR count). The number of esters is 1. The topological polar surface area (TPSA) is 90.9 Å². The highest BCUT2D eigenvalue weighted by Crippen LogP contribution is 2.26. The number of benzene rings is 2. The maximum Gasteiger partial charge on any atom is 0.344 e. The Morgan fingerprint density at radius 3 is 2.14 bits per heavy atom. The summed E-state index contributed by atoms with van der Waals surface area (Å²) in [6.45, 7) is 3.52. The van der Waals surface area contributed by atoms with Crippen LogP contribution in [0.2, 0.25) is 0 Å². The molecule has 154 valence electrons. The zero-order valence-electron chi connectivity index (χ0n) is 16.6. The number of hydrogen-bond donors (Lipinski definition) is 1. The minimum absolute atomic E-state index is 0.0774. The van der Waals surface area contributed by atoms with E-state index in [1.807, 2.05) is 13.8 Å². The smallest absolute Gasteiger partial charge is 0.344 e. The molecule has 7 heteroatoms. The SMILES string of the molecule is CCCC(=O)Nc1ccc(C(=O)COC(=O)COc2ccccc2OCC)cc1. The van der Waals surface area contributed by atoms with Crippen molar-refractivity contribution in [3.63, 3.8) is 0 Å². The molecule has 2 aromatic rings. The van der Waals surface area contributed by atoms with Gasteiger partial charge in [0.15, 0.2) is 30.5 Å². The highest BCUT2D eigenvalue weighted by Gasteiger charge is 2.12. The molecule has 0 saturated carbocycles. The van der Waals surface area contributed by atoms with Gasteiger partial charge in [0, 0.05) is 17.7 Å². The van der Waals surface area contributed by atoms with Crippen LogP contribution in [0.1, 0.15) is 37.0 Å². The summed E-state index contributed by atoms with van der Waals surface area (Å²) in [5, 5.41) is 2.74. The lowest BCUT2D eigenvalue weighted by Gasteiger charge is -2.11. The fraction of sp³-hybridized carbons (Fsp3) is 0.318. The van der Waals surface area contributed by atoms with Gasteiger partial charge in [0.25, 0.3) is 0 Å². The molecule has 0 radical (unpaired) electrons. The Morgan fingerprint density at radius 1 is 0.862 bits per heavy atom. The number of para-hydroxylation sites is 2. The van der Waals surface area contributed by atoms with Gasteiger partial charge >= 0.3 is 5.97 Å². The van der Waals surface area contributed by atoms with E-state index in [9.17, 15) is 14.4 Å². The molecular weight excluding hydrogens is 374 g/mol. The van der Waals surface area contributed by atoms with Gasteiger partial charge in [0.2, 0.25) is 5.91 Å². The Balaban J connectivity index is 1.80. The maximum absolute atomic E-state index is 12.2. The summed E-state index contributed by atoms with van der Waals surface area (Å²) in [6.07, 6.45) is 1.20. The van der Waals surface area contributed by atoms with E-state index in [-0.39, 0.29) is 18.3 Å². The van der Waals surface area contributed by atoms with Crippen LogP contribution in [-0.4, -0.2) is 37.5 Å². The van der Waals surface area contributed by atoms with Crippen molar-refractivity contribution >= 4 is 23.3 Å². The highest BCUT2D eigenvalue weighted by atomic mass is 16.6. The Morgan fingerprint density at radius 2 is 1.52 bits per heavy atom. The van der Waals surface area contributed by atoms with Gasteiger partial charge in [-0.1, -0.05) is 19.1 Å². The Kier molecular flexibility index (Phi) is 8.69. The molecule has 0 saturated heterocycles. The van der Waals surface area contributed by atoms with Crippen molar-refractivity contribution in [1.29, 1.82) is 0 Å². The van der Waals surface area contributed by atoms with E-state index in [0.29, 0.717) is 35.8 Å². The van der Waals surface area contributed by atoms with Gasteiger partial charge in [-0.2, -0.15) is 0 Å². The fourth-order valence-corrected chi connectivity index (χ4v) is 2.44. The summed E-state index contributed by atoms with van der Waals surface area (Å²) >= 11 is 0. The van der Waals surface area contributed by atoms with Crippen LogP contribution in [0.5, 0.6) is 11.5 Å². The second kappa shape index (κ2) is 11.5. The van der Waals surface area contributed by atoms with Gasteiger partial charge in [-0.3, -0.25) is 9.59 Å². The minimum Gasteiger partial charge on any atom is -0.490 e. The number of ketones is 1. The lowest BCUT2D eigenvalue weighted by Crippen LogP contribution is -2.19. The second-order valence-electron chi connectivity index (χ2n) is 6.13. The molecule has 0 bridgehead atoms. The predicted molar refractivity (Wildman–Crippen MR) is 108 cm³/mol. The third-order valence-corrected chi connectivity index (χ3v) is 3.83. The van der Waals surface area contributed by atoms with Crippen molar-refractivity contribution < 1.29 is 28.6 Å². The van der Waals surface area contributed by atoms with Crippen LogP contribution in [0.3, 0.4) is 0 Å². The van der Waals surface area contributed by atoms with Crippen LogP contribution in [-0.2, 0) is 14.3 Å². The molecule has 0 aliphatic heterocycles. The van der Waals surface area contributed by atoms with E-state index >= 15 is 0 Å². The average molecular weight is 399 g/mol. The zero-order valence-corrected chi connectivity index (χ0v) is 16.6. The number of Topliss-reactive ketones (excluding diaryl/α,β-unsaturated/α-hetero) is 1. The molecule has 0 spiro atoms. The summed E-state index contributed by atoms with van der Waals surface area (Å²) in [4.78, 5) is 35.6. The predicted octanol–water partition coefficient (Wildman–Crippen LogP) is 3.63. The molecule has 1 N–H and O–H groups in total. The third kappa shape index (κ3) is 7.29. The largest absolute Gasteiger partial charge is 0.490 e. The van der Waals surface area contributed by atoms with E-state index in [1.165, 1.54) is 0 Å². The summed E-state index contributed by atoms with van der Waals surface area (Å²) < 4.78 is 15.8. The first-order chi connectivity index (χ1) is 14.0.